The summed E-state index contributed by atoms with van der Waals surface area (Å²) in [4.78, 5) is 2.70. The highest BCUT2D eigenvalue weighted by Gasteiger charge is 2.21. The van der Waals surface area contributed by atoms with Crippen LogP contribution in [0.3, 0.4) is 0 Å². The van der Waals surface area contributed by atoms with E-state index < -0.39 is 0 Å². The zero-order valence-corrected chi connectivity index (χ0v) is 13.8. The van der Waals surface area contributed by atoms with Crippen LogP contribution < -0.4 is 5.32 Å². The maximum atomic E-state index is 3.63. The summed E-state index contributed by atoms with van der Waals surface area (Å²) in [5.74, 6) is 1.82. The predicted molar refractivity (Wildman–Crippen MR) is 85.6 cm³/mol. The van der Waals surface area contributed by atoms with Crippen molar-refractivity contribution in [1.82, 2.24) is 10.2 Å². The smallest absolute Gasteiger partial charge is 0.0192 e. The Morgan fingerprint density at radius 2 is 1.89 bits per heavy atom. The van der Waals surface area contributed by atoms with Crippen molar-refractivity contribution in [3.05, 3.63) is 0 Å². The lowest BCUT2D eigenvalue weighted by Gasteiger charge is -2.28. The van der Waals surface area contributed by atoms with Crippen molar-refractivity contribution >= 4 is 0 Å². The molecule has 1 N–H and O–H groups in total. The molecule has 2 heteroatoms. The molecule has 0 amide bonds. The first-order valence-electron chi connectivity index (χ1n) is 8.59. The van der Waals surface area contributed by atoms with Crippen molar-refractivity contribution in [2.24, 2.45) is 11.8 Å². The highest BCUT2D eigenvalue weighted by atomic mass is 15.2. The maximum absolute atomic E-state index is 3.63. The summed E-state index contributed by atoms with van der Waals surface area (Å²) < 4.78 is 0. The largest absolute Gasteiger partial charge is 0.315 e. The number of nitrogens with one attached hydrogen (secondary N) is 1. The number of rotatable bonds is 8. The molecule has 2 nitrogen and oxygen atoms in total. The van der Waals surface area contributed by atoms with Gasteiger partial charge in [0.1, 0.15) is 0 Å². The third-order valence-electron chi connectivity index (χ3n) is 4.77. The Kier molecular flexibility index (Phi) is 8.72. The van der Waals surface area contributed by atoms with Crippen LogP contribution >= 0.6 is 0 Å². The molecule has 19 heavy (non-hydrogen) atoms. The fraction of sp³-hybridized carbons (Fsp3) is 1.00. The minimum atomic E-state index is 0.701. The number of hydrogen-bond donors (Lipinski definition) is 1. The number of hydrogen-bond acceptors (Lipinski definition) is 2. The third kappa shape index (κ3) is 6.76. The van der Waals surface area contributed by atoms with Crippen LogP contribution in [0.15, 0.2) is 0 Å². The molecule has 2 atom stereocenters. The molecule has 1 aliphatic rings. The van der Waals surface area contributed by atoms with Crippen LogP contribution in [0.1, 0.15) is 66.2 Å². The summed E-state index contributed by atoms with van der Waals surface area (Å²) in [6, 6.07) is 0.701. The van der Waals surface area contributed by atoms with Crippen LogP contribution in [-0.2, 0) is 0 Å². The second-order valence-corrected chi connectivity index (χ2v) is 6.73. The molecule has 1 saturated heterocycles. The Morgan fingerprint density at radius 1 is 1.11 bits per heavy atom. The highest BCUT2D eigenvalue weighted by molar-refractivity contribution is 4.76. The minimum absolute atomic E-state index is 0.701. The summed E-state index contributed by atoms with van der Waals surface area (Å²) in [6.45, 7) is 14.4. The van der Waals surface area contributed by atoms with Gasteiger partial charge in [0, 0.05) is 12.6 Å². The molecule has 0 spiro atoms. The molecule has 1 rings (SSSR count). The first-order chi connectivity index (χ1) is 9.15. The molecular weight excluding hydrogens is 232 g/mol. The Morgan fingerprint density at radius 3 is 2.58 bits per heavy atom. The zero-order chi connectivity index (χ0) is 14.1. The highest BCUT2D eigenvalue weighted by Crippen LogP contribution is 2.25. The molecule has 1 fully saturated rings. The standard InChI is InChI=1S/C17H36N2/c1-5-6-7-11-18-14-16(4)19-12-8-9-17(10-13-19)15(2)3/h15-18H,5-14H2,1-4H3. The van der Waals surface area contributed by atoms with Gasteiger partial charge >= 0.3 is 0 Å². The van der Waals surface area contributed by atoms with E-state index in [1.54, 1.807) is 0 Å². The van der Waals surface area contributed by atoms with Gasteiger partial charge in [-0.3, -0.25) is 4.90 Å². The predicted octanol–water partition coefficient (Wildman–Crippen LogP) is 3.91. The summed E-state index contributed by atoms with van der Waals surface area (Å²) in [6.07, 6.45) is 8.24. The second kappa shape index (κ2) is 9.77. The van der Waals surface area contributed by atoms with Crippen molar-refractivity contribution in [3.8, 4) is 0 Å². The topological polar surface area (TPSA) is 15.3 Å². The Bertz CT molecular complexity index is 215. The van der Waals surface area contributed by atoms with Crippen molar-refractivity contribution in [3.63, 3.8) is 0 Å². The van der Waals surface area contributed by atoms with Gasteiger partial charge in [-0.15, -0.1) is 0 Å². The average Bonchev–Trinajstić information content (AvgIpc) is 2.64. The van der Waals surface area contributed by atoms with Gasteiger partial charge in [-0.2, -0.15) is 0 Å². The molecule has 0 aromatic carbocycles. The first kappa shape index (κ1) is 17.0. The van der Waals surface area contributed by atoms with E-state index in [1.807, 2.05) is 0 Å². The molecule has 114 valence electrons. The van der Waals surface area contributed by atoms with Crippen molar-refractivity contribution in [2.75, 3.05) is 26.2 Å². The van der Waals surface area contributed by atoms with Gasteiger partial charge < -0.3 is 5.32 Å². The van der Waals surface area contributed by atoms with Crippen LogP contribution in [0, 0.1) is 11.8 Å². The van der Waals surface area contributed by atoms with Crippen LogP contribution in [-0.4, -0.2) is 37.1 Å². The van der Waals surface area contributed by atoms with Gasteiger partial charge in [-0.05, 0) is 64.1 Å². The van der Waals surface area contributed by atoms with E-state index in [0.29, 0.717) is 6.04 Å². The van der Waals surface area contributed by atoms with Gasteiger partial charge in [0.05, 0.1) is 0 Å². The summed E-state index contributed by atoms with van der Waals surface area (Å²) in [5, 5.41) is 3.63. The number of likely N-dealkylation sites (tertiary alicyclic amines) is 1. The SMILES string of the molecule is CCCCCNCC(C)N1CCCC(C(C)C)CC1. The summed E-state index contributed by atoms with van der Waals surface area (Å²) in [7, 11) is 0. The monoisotopic (exact) mass is 268 g/mol. The maximum Gasteiger partial charge on any atom is 0.0192 e. The van der Waals surface area contributed by atoms with Crippen molar-refractivity contribution < 1.29 is 0 Å². The van der Waals surface area contributed by atoms with Crippen molar-refractivity contribution in [2.45, 2.75) is 72.3 Å². The van der Waals surface area contributed by atoms with E-state index in [4.69, 9.17) is 0 Å². The molecule has 0 bridgehead atoms. The number of nitrogens with zero attached hydrogens (tertiary/aromatic N) is 1. The molecule has 0 saturated carbocycles. The second-order valence-electron chi connectivity index (χ2n) is 6.73. The van der Waals surface area contributed by atoms with E-state index in [1.165, 1.54) is 58.2 Å². The van der Waals surface area contributed by atoms with Crippen LogP contribution in [0.2, 0.25) is 0 Å². The summed E-state index contributed by atoms with van der Waals surface area (Å²) in [5.41, 5.74) is 0. The normalized spacial score (nSPS) is 23.5. The average molecular weight is 268 g/mol. The molecule has 0 aliphatic carbocycles. The Balaban J connectivity index is 2.19. The fourth-order valence-electron chi connectivity index (χ4n) is 3.19. The van der Waals surface area contributed by atoms with Gasteiger partial charge in [-0.1, -0.05) is 33.6 Å². The van der Waals surface area contributed by atoms with E-state index >= 15 is 0 Å². The summed E-state index contributed by atoms with van der Waals surface area (Å²) >= 11 is 0. The fourth-order valence-corrected chi connectivity index (χ4v) is 3.19. The molecule has 0 aromatic rings. The lowest BCUT2D eigenvalue weighted by molar-refractivity contribution is 0.206. The third-order valence-corrected chi connectivity index (χ3v) is 4.77. The van der Waals surface area contributed by atoms with Crippen LogP contribution in [0.25, 0.3) is 0 Å². The van der Waals surface area contributed by atoms with Crippen LogP contribution in [0.4, 0.5) is 0 Å². The van der Waals surface area contributed by atoms with Crippen LogP contribution in [0.5, 0.6) is 0 Å². The van der Waals surface area contributed by atoms with Gasteiger partial charge in [0.2, 0.25) is 0 Å². The Labute approximate surface area is 121 Å². The molecular formula is C17H36N2. The lowest BCUT2D eigenvalue weighted by Crippen LogP contribution is -2.41. The molecule has 0 radical (unpaired) electrons. The first-order valence-corrected chi connectivity index (χ1v) is 8.59. The van der Waals surface area contributed by atoms with Crippen molar-refractivity contribution in [1.29, 1.82) is 0 Å². The van der Waals surface area contributed by atoms with E-state index in [2.05, 4.69) is 37.9 Å². The van der Waals surface area contributed by atoms with Gasteiger partial charge in [-0.25, -0.2) is 0 Å². The lowest BCUT2D eigenvalue weighted by atomic mass is 9.89. The molecule has 1 aliphatic heterocycles. The minimum Gasteiger partial charge on any atom is -0.315 e. The number of unbranched alkanes of at least 4 members (excludes halogenated alkanes) is 2. The van der Waals surface area contributed by atoms with E-state index in [0.717, 1.165) is 18.4 Å². The van der Waals surface area contributed by atoms with Gasteiger partial charge in [0.25, 0.3) is 0 Å². The molecule has 2 unspecified atom stereocenters. The molecule has 0 aromatic heterocycles. The Hall–Kier alpha value is -0.0800. The van der Waals surface area contributed by atoms with Gasteiger partial charge in [0.15, 0.2) is 0 Å². The van der Waals surface area contributed by atoms with E-state index in [9.17, 15) is 0 Å². The quantitative estimate of drug-likeness (QED) is 0.671. The zero-order valence-electron chi connectivity index (χ0n) is 13.8. The van der Waals surface area contributed by atoms with E-state index in [-0.39, 0.29) is 0 Å². The molecule has 1 heterocycles.